The van der Waals surface area contributed by atoms with Crippen LogP contribution in [-0.4, -0.2) is 14.6 Å². The quantitative estimate of drug-likeness (QED) is 0.682. The van der Waals surface area contributed by atoms with Gasteiger partial charge in [-0.05, 0) is 12.1 Å². The zero-order valence-electron chi connectivity index (χ0n) is 11.5. The van der Waals surface area contributed by atoms with E-state index in [2.05, 4.69) is 4.98 Å². The van der Waals surface area contributed by atoms with E-state index in [-0.39, 0.29) is 16.9 Å². The molecule has 0 amide bonds. The van der Waals surface area contributed by atoms with Crippen molar-refractivity contribution in [3.8, 4) is 11.3 Å². The normalized spacial score (nSPS) is 12.8. The predicted molar refractivity (Wildman–Crippen MR) is 71.3 cm³/mol. The number of fused-ring (bicyclic) bond motifs is 1. The van der Waals surface area contributed by atoms with Crippen LogP contribution in [0.2, 0.25) is 0 Å². The van der Waals surface area contributed by atoms with Crippen molar-refractivity contribution in [2.24, 2.45) is 0 Å². The number of H-pyrrole nitrogens is 1. The van der Waals surface area contributed by atoms with E-state index in [0.717, 1.165) is 24.3 Å². The first kappa shape index (κ1) is 16.1. The van der Waals surface area contributed by atoms with Gasteiger partial charge in [-0.25, -0.2) is 9.50 Å². The number of nitrogens with zero attached hydrogens (tertiary/aromatic N) is 2. The van der Waals surface area contributed by atoms with Crippen LogP contribution in [0.25, 0.3) is 16.9 Å². The number of nitrogens with one attached hydrogen (secondary N) is 1. The molecular weight excluding hydrogens is 340 g/mol. The molecule has 1 aromatic carbocycles. The summed E-state index contributed by atoms with van der Waals surface area (Å²) in [5.41, 5.74) is -3.54. The summed E-state index contributed by atoms with van der Waals surface area (Å²) in [5, 5.41) is 1.85. The summed E-state index contributed by atoms with van der Waals surface area (Å²) in [6.45, 7) is 0. The smallest absolute Gasteiger partial charge is 0.285 e. The second kappa shape index (κ2) is 5.11. The molecule has 3 aromatic rings. The molecule has 1 N–H and O–H groups in total. The van der Waals surface area contributed by atoms with Gasteiger partial charge in [0.15, 0.2) is 5.65 Å². The molecule has 126 valence electrons. The fourth-order valence-corrected chi connectivity index (χ4v) is 2.14. The lowest BCUT2D eigenvalue weighted by Crippen LogP contribution is -2.15. The molecule has 0 bridgehead atoms. The van der Waals surface area contributed by atoms with Crippen LogP contribution in [0.4, 0.5) is 26.3 Å². The van der Waals surface area contributed by atoms with Gasteiger partial charge < -0.3 is 0 Å². The molecule has 10 heteroatoms. The Morgan fingerprint density at radius 1 is 0.958 bits per heavy atom. The maximum Gasteiger partial charge on any atom is 0.432 e. The highest BCUT2D eigenvalue weighted by Gasteiger charge is 2.33. The Labute approximate surface area is 129 Å². The van der Waals surface area contributed by atoms with Crippen molar-refractivity contribution in [2.75, 3.05) is 0 Å². The number of hydrogen-bond acceptors (Lipinski definition) is 2. The van der Waals surface area contributed by atoms with Gasteiger partial charge in [0.05, 0.1) is 11.3 Å². The SMILES string of the molecule is O=c1cc(-c2cccc(C(F)(F)F)c2)nc2cc(C(F)(F)F)[nH]n12. The molecule has 0 fully saturated rings. The molecule has 0 spiro atoms. The average molecular weight is 347 g/mol. The topological polar surface area (TPSA) is 50.2 Å². The first-order valence-corrected chi connectivity index (χ1v) is 6.43. The highest BCUT2D eigenvalue weighted by Crippen LogP contribution is 2.32. The first-order chi connectivity index (χ1) is 11.1. The molecule has 2 aromatic heterocycles. The van der Waals surface area contributed by atoms with Gasteiger partial charge in [-0.1, -0.05) is 12.1 Å². The van der Waals surface area contributed by atoms with Crippen LogP contribution in [0.1, 0.15) is 11.3 Å². The summed E-state index contributed by atoms with van der Waals surface area (Å²) in [5.74, 6) is 0. The third kappa shape index (κ3) is 2.86. The van der Waals surface area contributed by atoms with E-state index in [9.17, 15) is 31.1 Å². The van der Waals surface area contributed by atoms with E-state index in [0.29, 0.717) is 10.6 Å². The molecule has 0 aliphatic carbocycles. The average Bonchev–Trinajstić information content (AvgIpc) is 2.91. The molecule has 2 heterocycles. The molecular formula is C14H7F6N3O. The highest BCUT2D eigenvalue weighted by atomic mass is 19.4. The molecule has 0 saturated heterocycles. The van der Waals surface area contributed by atoms with E-state index in [1.165, 1.54) is 6.07 Å². The van der Waals surface area contributed by atoms with E-state index in [1.54, 1.807) is 0 Å². The Morgan fingerprint density at radius 3 is 2.29 bits per heavy atom. The summed E-state index contributed by atoms with van der Waals surface area (Å²) in [6, 6.07) is 5.49. The zero-order chi connectivity index (χ0) is 17.7. The number of benzene rings is 1. The lowest BCUT2D eigenvalue weighted by Gasteiger charge is -2.08. The molecule has 24 heavy (non-hydrogen) atoms. The van der Waals surface area contributed by atoms with Gasteiger partial charge in [0.25, 0.3) is 5.56 Å². The van der Waals surface area contributed by atoms with Crippen molar-refractivity contribution >= 4 is 5.65 Å². The Morgan fingerprint density at radius 2 is 1.67 bits per heavy atom. The van der Waals surface area contributed by atoms with Crippen LogP contribution >= 0.6 is 0 Å². The van der Waals surface area contributed by atoms with Crippen molar-refractivity contribution in [3.05, 3.63) is 58.0 Å². The monoisotopic (exact) mass is 347 g/mol. The zero-order valence-corrected chi connectivity index (χ0v) is 11.5. The van der Waals surface area contributed by atoms with Crippen LogP contribution in [0.3, 0.4) is 0 Å². The van der Waals surface area contributed by atoms with Crippen LogP contribution in [0, 0.1) is 0 Å². The van der Waals surface area contributed by atoms with Crippen molar-refractivity contribution in [3.63, 3.8) is 0 Å². The maximum absolute atomic E-state index is 12.7. The summed E-state index contributed by atoms with van der Waals surface area (Å²) < 4.78 is 76.8. The van der Waals surface area contributed by atoms with Crippen molar-refractivity contribution < 1.29 is 26.3 Å². The van der Waals surface area contributed by atoms with E-state index >= 15 is 0 Å². The van der Waals surface area contributed by atoms with Gasteiger partial charge >= 0.3 is 12.4 Å². The molecule has 0 aliphatic rings. The van der Waals surface area contributed by atoms with Gasteiger partial charge in [0.1, 0.15) is 5.69 Å². The minimum absolute atomic E-state index is 0.0285. The van der Waals surface area contributed by atoms with Crippen LogP contribution in [0.15, 0.2) is 41.2 Å². The first-order valence-electron chi connectivity index (χ1n) is 6.43. The Balaban J connectivity index is 2.16. The number of hydrogen-bond donors (Lipinski definition) is 1. The van der Waals surface area contributed by atoms with Crippen molar-refractivity contribution in [2.45, 2.75) is 12.4 Å². The Kier molecular flexibility index (Phi) is 3.43. The third-order valence-electron chi connectivity index (χ3n) is 3.24. The van der Waals surface area contributed by atoms with Gasteiger partial charge in [0.2, 0.25) is 0 Å². The molecule has 4 nitrogen and oxygen atoms in total. The standard InChI is InChI=1S/C14H7F6N3O/c15-13(16,17)8-3-1-2-7(4-8)9-5-12(24)23-11(21-9)6-10(22-23)14(18,19)20/h1-6,22H. The lowest BCUT2D eigenvalue weighted by atomic mass is 10.1. The number of aromatic nitrogens is 3. The number of halogens is 6. The Hall–Kier alpha value is -2.78. The molecule has 0 aliphatic heterocycles. The number of aromatic amines is 1. The maximum atomic E-state index is 12.7. The fourth-order valence-electron chi connectivity index (χ4n) is 2.14. The minimum Gasteiger partial charge on any atom is -0.285 e. The summed E-state index contributed by atoms with van der Waals surface area (Å²) in [4.78, 5) is 15.7. The van der Waals surface area contributed by atoms with Crippen molar-refractivity contribution in [1.29, 1.82) is 0 Å². The minimum atomic E-state index is -4.71. The van der Waals surface area contributed by atoms with Gasteiger partial charge in [-0.3, -0.25) is 9.89 Å². The highest BCUT2D eigenvalue weighted by molar-refractivity contribution is 5.62. The molecule has 0 unspecified atom stereocenters. The van der Waals surface area contributed by atoms with Gasteiger partial charge in [0, 0.05) is 17.7 Å². The van der Waals surface area contributed by atoms with E-state index in [4.69, 9.17) is 0 Å². The second-order valence-electron chi connectivity index (χ2n) is 4.92. The van der Waals surface area contributed by atoms with Gasteiger partial charge in [-0.15, -0.1) is 0 Å². The van der Waals surface area contributed by atoms with Crippen LogP contribution in [0.5, 0.6) is 0 Å². The Bertz CT molecular complexity index is 967. The number of rotatable bonds is 1. The summed E-state index contributed by atoms with van der Waals surface area (Å²) in [6.07, 6.45) is -9.30. The predicted octanol–water partition coefficient (Wildman–Crippen LogP) is 3.73. The summed E-state index contributed by atoms with van der Waals surface area (Å²) in [7, 11) is 0. The van der Waals surface area contributed by atoms with Crippen molar-refractivity contribution in [1.82, 2.24) is 14.6 Å². The molecule has 0 saturated carbocycles. The summed E-state index contributed by atoms with van der Waals surface area (Å²) >= 11 is 0. The molecule has 3 rings (SSSR count). The van der Waals surface area contributed by atoms with E-state index in [1.807, 2.05) is 5.10 Å². The molecule has 0 atom stereocenters. The fraction of sp³-hybridized carbons (Fsp3) is 0.143. The van der Waals surface area contributed by atoms with Crippen LogP contribution in [-0.2, 0) is 12.4 Å². The molecule has 0 radical (unpaired) electrons. The van der Waals surface area contributed by atoms with Gasteiger partial charge in [-0.2, -0.15) is 26.3 Å². The van der Waals surface area contributed by atoms with E-state index < -0.39 is 29.2 Å². The second-order valence-corrected chi connectivity index (χ2v) is 4.92. The third-order valence-corrected chi connectivity index (χ3v) is 3.24. The van der Waals surface area contributed by atoms with Crippen LogP contribution < -0.4 is 5.56 Å². The number of alkyl halides is 6. The lowest BCUT2D eigenvalue weighted by molar-refractivity contribution is -0.141. The largest absolute Gasteiger partial charge is 0.432 e.